The molecule has 1 aromatic carbocycles. The van der Waals surface area contributed by atoms with Crippen molar-refractivity contribution in [2.75, 3.05) is 6.54 Å². The van der Waals surface area contributed by atoms with Gasteiger partial charge in [0.05, 0.1) is 24.7 Å². The number of carbonyl (C=O) groups is 1. The number of benzene rings is 1. The Labute approximate surface area is 148 Å². The third-order valence-corrected chi connectivity index (χ3v) is 5.69. The van der Waals surface area contributed by atoms with Crippen LogP contribution in [-0.2, 0) is 11.3 Å². The van der Waals surface area contributed by atoms with E-state index in [2.05, 4.69) is 18.7 Å². The predicted octanol–water partition coefficient (Wildman–Crippen LogP) is 2.23. The molecule has 0 aromatic heterocycles. The number of rotatable bonds is 2. The van der Waals surface area contributed by atoms with Crippen LogP contribution in [0, 0.1) is 5.92 Å². The van der Waals surface area contributed by atoms with E-state index in [0.717, 1.165) is 24.4 Å². The molecule has 3 heterocycles. The molecule has 0 bridgehead atoms. The Kier molecular flexibility index (Phi) is 4.15. The van der Waals surface area contributed by atoms with Crippen molar-refractivity contribution in [2.45, 2.75) is 57.5 Å². The van der Waals surface area contributed by atoms with Crippen molar-refractivity contribution in [3.63, 3.8) is 0 Å². The maximum absolute atomic E-state index is 12.7. The smallest absolute Gasteiger partial charge is 0.417 e. The first-order valence-electron chi connectivity index (χ1n) is 9.07. The van der Waals surface area contributed by atoms with Crippen LogP contribution in [0.1, 0.15) is 32.3 Å². The standard InChI is InChI=1S/C19H25N3O3/c1-12-8-15-9-17(23)13(2)16-10-21(18(20-12)22(15)16)19(24)25-11-14-6-4-3-5-7-14/h3-7,12-13,15-17,23H,8-11H2,1-2H3/t12-,13-,15+,16-,17+/m1/s1. The number of hydrogen-bond donors (Lipinski definition) is 1. The number of aliphatic hydroxyl groups excluding tert-OH is 1. The Morgan fingerprint density at radius 1 is 1.28 bits per heavy atom. The van der Waals surface area contributed by atoms with E-state index in [4.69, 9.17) is 9.73 Å². The molecule has 5 atom stereocenters. The van der Waals surface area contributed by atoms with Gasteiger partial charge in [0.15, 0.2) is 0 Å². The van der Waals surface area contributed by atoms with Gasteiger partial charge >= 0.3 is 6.09 Å². The largest absolute Gasteiger partial charge is 0.444 e. The average molecular weight is 343 g/mol. The molecule has 0 unspecified atom stereocenters. The molecule has 6 nitrogen and oxygen atoms in total. The second-order valence-corrected chi connectivity index (χ2v) is 7.46. The summed E-state index contributed by atoms with van der Waals surface area (Å²) >= 11 is 0. The number of carbonyl (C=O) groups excluding carboxylic acids is 1. The monoisotopic (exact) mass is 343 g/mol. The van der Waals surface area contributed by atoms with Crippen LogP contribution in [0.5, 0.6) is 0 Å². The molecule has 0 aliphatic carbocycles. The minimum absolute atomic E-state index is 0.113. The predicted molar refractivity (Wildman–Crippen MR) is 94.0 cm³/mol. The minimum Gasteiger partial charge on any atom is -0.444 e. The van der Waals surface area contributed by atoms with Crippen LogP contribution < -0.4 is 0 Å². The van der Waals surface area contributed by atoms with Crippen LogP contribution in [-0.4, -0.2) is 57.7 Å². The van der Waals surface area contributed by atoms with Crippen molar-refractivity contribution < 1.29 is 14.6 Å². The topological polar surface area (TPSA) is 65.4 Å². The van der Waals surface area contributed by atoms with Crippen molar-refractivity contribution in [1.82, 2.24) is 9.80 Å². The van der Waals surface area contributed by atoms with E-state index in [1.165, 1.54) is 0 Å². The quantitative estimate of drug-likeness (QED) is 0.894. The molecule has 1 N–H and O–H groups in total. The van der Waals surface area contributed by atoms with Crippen LogP contribution in [0.4, 0.5) is 4.79 Å². The lowest BCUT2D eigenvalue weighted by Crippen LogP contribution is -2.57. The summed E-state index contributed by atoms with van der Waals surface area (Å²) in [5, 5.41) is 10.4. The van der Waals surface area contributed by atoms with E-state index >= 15 is 0 Å². The highest BCUT2D eigenvalue weighted by molar-refractivity contribution is 5.96. The van der Waals surface area contributed by atoms with Crippen LogP contribution in [0.25, 0.3) is 0 Å². The molecule has 0 saturated carbocycles. The molecule has 2 fully saturated rings. The highest BCUT2D eigenvalue weighted by Gasteiger charge is 2.51. The molecule has 3 aliphatic rings. The maximum atomic E-state index is 12.7. The molecule has 3 aliphatic heterocycles. The molecule has 134 valence electrons. The summed E-state index contributed by atoms with van der Waals surface area (Å²) in [5.74, 6) is 0.840. The van der Waals surface area contributed by atoms with E-state index in [9.17, 15) is 9.90 Å². The third-order valence-electron chi connectivity index (χ3n) is 5.69. The van der Waals surface area contributed by atoms with Crippen molar-refractivity contribution in [1.29, 1.82) is 0 Å². The number of nitrogens with zero attached hydrogens (tertiary/aromatic N) is 3. The van der Waals surface area contributed by atoms with Crippen LogP contribution >= 0.6 is 0 Å². The molecular formula is C19H25N3O3. The number of ether oxygens (including phenoxy) is 1. The number of aliphatic hydroxyl groups is 1. The van der Waals surface area contributed by atoms with Gasteiger partial charge in [-0.3, -0.25) is 0 Å². The van der Waals surface area contributed by atoms with E-state index in [-0.39, 0.29) is 42.8 Å². The van der Waals surface area contributed by atoms with Crippen molar-refractivity contribution in [3.05, 3.63) is 35.9 Å². The van der Waals surface area contributed by atoms with E-state index in [1.807, 2.05) is 30.3 Å². The Balaban J connectivity index is 1.53. The van der Waals surface area contributed by atoms with E-state index in [0.29, 0.717) is 6.54 Å². The van der Waals surface area contributed by atoms with Gasteiger partial charge in [-0.1, -0.05) is 37.3 Å². The third kappa shape index (κ3) is 2.88. The van der Waals surface area contributed by atoms with E-state index in [1.54, 1.807) is 4.90 Å². The number of hydrogen-bond acceptors (Lipinski definition) is 5. The summed E-state index contributed by atoms with van der Waals surface area (Å²) in [6.45, 7) is 4.91. The van der Waals surface area contributed by atoms with Crippen molar-refractivity contribution in [2.24, 2.45) is 10.9 Å². The zero-order valence-corrected chi connectivity index (χ0v) is 14.7. The second-order valence-electron chi connectivity index (χ2n) is 7.46. The molecule has 1 amide bonds. The first-order chi connectivity index (χ1) is 12.0. The van der Waals surface area contributed by atoms with Crippen molar-refractivity contribution >= 4 is 12.1 Å². The Hall–Kier alpha value is -2.08. The molecule has 2 saturated heterocycles. The normalized spacial score (nSPS) is 33.7. The van der Waals surface area contributed by atoms with Gasteiger partial charge in [0.1, 0.15) is 6.61 Å². The second kappa shape index (κ2) is 6.33. The fourth-order valence-corrected chi connectivity index (χ4v) is 4.30. The SMILES string of the molecule is C[C@@H]1[C@H]2CN(C(=O)OCc3ccccc3)C3=N[C@H](C)C[C@@H](C[C@@H]1O)N32. The van der Waals surface area contributed by atoms with Gasteiger partial charge in [-0.2, -0.15) is 0 Å². The Morgan fingerprint density at radius 2 is 2.04 bits per heavy atom. The summed E-state index contributed by atoms with van der Waals surface area (Å²) < 4.78 is 5.52. The van der Waals surface area contributed by atoms with Gasteiger partial charge < -0.3 is 14.7 Å². The maximum Gasteiger partial charge on any atom is 0.417 e. The van der Waals surface area contributed by atoms with Gasteiger partial charge in [-0.15, -0.1) is 0 Å². The number of guanidine groups is 1. The average Bonchev–Trinajstić information content (AvgIpc) is 2.98. The first-order valence-corrected chi connectivity index (χ1v) is 9.07. The lowest BCUT2D eigenvalue weighted by Gasteiger charge is -2.46. The van der Waals surface area contributed by atoms with Gasteiger partial charge in [-0.25, -0.2) is 14.7 Å². The minimum atomic E-state index is -0.355. The highest BCUT2D eigenvalue weighted by Crippen LogP contribution is 2.38. The number of aliphatic imine (C=N–C) groups is 1. The summed E-state index contributed by atoms with van der Waals surface area (Å²) in [6.07, 6.45) is 0.995. The molecule has 4 rings (SSSR count). The zero-order chi connectivity index (χ0) is 17.6. The van der Waals surface area contributed by atoms with Gasteiger partial charge in [-0.05, 0) is 25.3 Å². The lowest BCUT2D eigenvalue weighted by atomic mass is 9.83. The van der Waals surface area contributed by atoms with Gasteiger partial charge in [0, 0.05) is 12.0 Å². The molecular weight excluding hydrogens is 318 g/mol. The fourth-order valence-electron chi connectivity index (χ4n) is 4.30. The Morgan fingerprint density at radius 3 is 2.80 bits per heavy atom. The summed E-state index contributed by atoms with van der Waals surface area (Å²) in [5.41, 5.74) is 0.966. The summed E-state index contributed by atoms with van der Waals surface area (Å²) in [6, 6.07) is 10.2. The van der Waals surface area contributed by atoms with Crippen LogP contribution in [0.15, 0.2) is 35.3 Å². The fraction of sp³-hybridized carbons (Fsp3) is 0.579. The first kappa shape index (κ1) is 16.4. The molecule has 6 heteroatoms. The highest BCUT2D eigenvalue weighted by atomic mass is 16.6. The molecule has 0 radical (unpaired) electrons. The molecule has 25 heavy (non-hydrogen) atoms. The summed E-state index contributed by atoms with van der Waals surface area (Å²) in [4.78, 5) is 21.3. The van der Waals surface area contributed by atoms with Crippen LogP contribution in [0.3, 0.4) is 0 Å². The van der Waals surface area contributed by atoms with E-state index < -0.39 is 0 Å². The van der Waals surface area contributed by atoms with Crippen LogP contribution in [0.2, 0.25) is 0 Å². The number of amides is 1. The zero-order valence-electron chi connectivity index (χ0n) is 14.7. The lowest BCUT2D eigenvalue weighted by molar-refractivity contribution is -0.00531. The summed E-state index contributed by atoms with van der Waals surface area (Å²) in [7, 11) is 0. The molecule has 1 aromatic rings. The Bertz CT molecular complexity index is 678. The van der Waals surface area contributed by atoms with Gasteiger partial charge in [0.25, 0.3) is 0 Å². The van der Waals surface area contributed by atoms with Gasteiger partial charge in [0.2, 0.25) is 5.96 Å². The molecule has 0 spiro atoms. The van der Waals surface area contributed by atoms with Crippen molar-refractivity contribution in [3.8, 4) is 0 Å². The number of piperidine rings is 1.